The van der Waals surface area contributed by atoms with Gasteiger partial charge in [0, 0.05) is 16.1 Å². The van der Waals surface area contributed by atoms with E-state index in [2.05, 4.69) is 25.9 Å². The lowest BCUT2D eigenvalue weighted by Gasteiger charge is -1.98. The van der Waals surface area contributed by atoms with Crippen LogP contribution >= 0.6 is 15.9 Å². The highest BCUT2D eigenvalue weighted by atomic mass is 79.9. The molecule has 2 aromatic rings. The minimum Gasteiger partial charge on any atom is -0.477 e. The maximum absolute atomic E-state index is 10.6. The summed E-state index contributed by atoms with van der Waals surface area (Å²) in [5.74, 6) is -1.04. The number of halogens is 1. The molecule has 2 rings (SSSR count). The number of carboxylic acid groups (broad SMARTS) is 1. The van der Waals surface area contributed by atoms with Gasteiger partial charge < -0.3 is 5.11 Å². The molecule has 0 saturated carbocycles. The molecule has 0 amide bonds. The molecule has 0 bridgehead atoms. The summed E-state index contributed by atoms with van der Waals surface area (Å²) in [7, 11) is 0. The van der Waals surface area contributed by atoms with Crippen molar-refractivity contribution in [3.63, 3.8) is 0 Å². The van der Waals surface area contributed by atoms with Crippen molar-refractivity contribution < 1.29 is 9.90 Å². The first kappa shape index (κ1) is 9.08. The van der Waals surface area contributed by atoms with Crippen molar-refractivity contribution in [1.29, 1.82) is 0 Å². The van der Waals surface area contributed by atoms with E-state index in [1.807, 2.05) is 6.07 Å². The van der Waals surface area contributed by atoms with Gasteiger partial charge >= 0.3 is 5.97 Å². The fourth-order valence-corrected chi connectivity index (χ4v) is 1.45. The molecule has 0 unspecified atom stereocenters. The minimum atomic E-state index is -1.04. The average Bonchev–Trinajstić information content (AvgIpc) is 2.16. The van der Waals surface area contributed by atoms with E-state index in [-0.39, 0.29) is 5.69 Å². The Labute approximate surface area is 87.7 Å². The summed E-state index contributed by atoms with van der Waals surface area (Å²) in [6, 6.07) is 4.98. The molecule has 2 heterocycles. The molecule has 1 N–H and O–H groups in total. The number of hydrogen-bond acceptors (Lipinski definition) is 3. The van der Waals surface area contributed by atoms with Gasteiger partial charge in [0.1, 0.15) is 0 Å². The summed E-state index contributed by atoms with van der Waals surface area (Å²) >= 11 is 3.27. The first-order valence-electron chi connectivity index (χ1n) is 3.82. The van der Waals surface area contributed by atoms with Crippen molar-refractivity contribution >= 4 is 32.9 Å². The molecule has 0 spiro atoms. The van der Waals surface area contributed by atoms with Gasteiger partial charge in [0.2, 0.25) is 0 Å². The fourth-order valence-electron chi connectivity index (χ4n) is 1.10. The summed E-state index contributed by atoms with van der Waals surface area (Å²) in [4.78, 5) is 18.5. The molecule has 0 aliphatic carbocycles. The maximum Gasteiger partial charge on any atom is 0.354 e. The molecule has 70 valence electrons. The Morgan fingerprint density at radius 2 is 2.21 bits per heavy atom. The van der Waals surface area contributed by atoms with Gasteiger partial charge in [0.05, 0.1) is 0 Å². The summed E-state index contributed by atoms with van der Waals surface area (Å²) in [5.41, 5.74) is 0.445. The topological polar surface area (TPSA) is 63.1 Å². The van der Waals surface area contributed by atoms with E-state index in [1.165, 1.54) is 6.07 Å². The minimum absolute atomic E-state index is 0.00678. The van der Waals surface area contributed by atoms with Gasteiger partial charge in [-0.2, -0.15) is 0 Å². The van der Waals surface area contributed by atoms with Crippen LogP contribution in [-0.4, -0.2) is 21.0 Å². The summed E-state index contributed by atoms with van der Waals surface area (Å²) in [5, 5.41) is 9.51. The Kier molecular flexibility index (Phi) is 2.17. The smallest absolute Gasteiger partial charge is 0.354 e. The van der Waals surface area contributed by atoms with Crippen molar-refractivity contribution in [2.75, 3.05) is 0 Å². The van der Waals surface area contributed by atoms with Crippen molar-refractivity contribution in [1.82, 2.24) is 9.97 Å². The van der Waals surface area contributed by atoms with E-state index in [1.54, 1.807) is 12.3 Å². The summed E-state index contributed by atoms with van der Waals surface area (Å²) in [6.07, 6.45) is 1.58. The van der Waals surface area contributed by atoms with Gasteiger partial charge in [0.15, 0.2) is 11.3 Å². The van der Waals surface area contributed by atoms with E-state index in [0.717, 1.165) is 9.86 Å². The molecule has 0 aliphatic rings. The van der Waals surface area contributed by atoms with Crippen molar-refractivity contribution in [2.45, 2.75) is 0 Å². The van der Waals surface area contributed by atoms with Gasteiger partial charge in [-0.15, -0.1) is 0 Å². The Bertz CT molecular complexity index is 513. The third-order valence-electron chi connectivity index (χ3n) is 1.73. The second-order valence-corrected chi connectivity index (χ2v) is 3.62. The Morgan fingerprint density at radius 1 is 1.43 bits per heavy atom. The molecule has 0 fully saturated rings. The zero-order valence-corrected chi connectivity index (χ0v) is 8.52. The highest BCUT2D eigenvalue weighted by Gasteiger charge is 2.05. The average molecular weight is 253 g/mol. The van der Waals surface area contributed by atoms with Crippen LogP contribution in [-0.2, 0) is 0 Å². The fraction of sp³-hybridized carbons (Fsp3) is 0. The predicted octanol–water partition coefficient (Wildman–Crippen LogP) is 2.09. The second-order valence-electron chi connectivity index (χ2n) is 2.70. The molecule has 0 aromatic carbocycles. The lowest BCUT2D eigenvalue weighted by molar-refractivity contribution is 0.0691. The predicted molar refractivity (Wildman–Crippen MR) is 54.2 cm³/mol. The van der Waals surface area contributed by atoms with Crippen LogP contribution < -0.4 is 0 Å². The Morgan fingerprint density at radius 3 is 2.93 bits per heavy atom. The van der Waals surface area contributed by atoms with E-state index in [4.69, 9.17) is 5.11 Å². The summed E-state index contributed by atoms with van der Waals surface area (Å²) in [6.45, 7) is 0. The molecule has 5 heteroatoms. The standard InChI is InChI=1S/C9H5BrN2O2/c10-6-3-5-1-2-7(9(13)14)12-8(5)11-4-6/h1-4H,(H,13,14). The maximum atomic E-state index is 10.6. The molecule has 4 nitrogen and oxygen atoms in total. The van der Waals surface area contributed by atoms with Crippen LogP contribution in [0.5, 0.6) is 0 Å². The SMILES string of the molecule is O=C(O)c1ccc2cc(Br)cnc2n1. The van der Waals surface area contributed by atoms with Crippen molar-refractivity contribution in [3.05, 3.63) is 34.6 Å². The zero-order valence-electron chi connectivity index (χ0n) is 6.94. The molecular formula is C9H5BrN2O2. The normalized spacial score (nSPS) is 10.4. The van der Waals surface area contributed by atoms with E-state index in [9.17, 15) is 4.79 Å². The highest BCUT2D eigenvalue weighted by Crippen LogP contribution is 2.15. The van der Waals surface area contributed by atoms with Gasteiger partial charge in [-0.3, -0.25) is 0 Å². The number of aromatic nitrogens is 2. The Balaban J connectivity index is 2.67. The number of hydrogen-bond donors (Lipinski definition) is 1. The quantitative estimate of drug-likeness (QED) is 0.845. The number of rotatable bonds is 1. The molecular weight excluding hydrogens is 248 g/mol. The number of carboxylic acids is 1. The lowest BCUT2D eigenvalue weighted by atomic mass is 10.2. The number of fused-ring (bicyclic) bond motifs is 1. The molecule has 0 atom stereocenters. The van der Waals surface area contributed by atoms with E-state index >= 15 is 0 Å². The second kappa shape index (κ2) is 3.34. The molecule has 0 aliphatic heterocycles. The third kappa shape index (κ3) is 1.58. The van der Waals surface area contributed by atoms with Crippen molar-refractivity contribution in [2.24, 2.45) is 0 Å². The monoisotopic (exact) mass is 252 g/mol. The first-order chi connectivity index (χ1) is 6.66. The largest absolute Gasteiger partial charge is 0.477 e. The van der Waals surface area contributed by atoms with Crippen LogP contribution in [0.4, 0.5) is 0 Å². The number of carbonyl (C=O) groups is 1. The third-order valence-corrected chi connectivity index (χ3v) is 2.16. The van der Waals surface area contributed by atoms with Gasteiger partial charge in [-0.25, -0.2) is 14.8 Å². The molecule has 0 radical (unpaired) electrons. The van der Waals surface area contributed by atoms with Crippen LogP contribution in [0.3, 0.4) is 0 Å². The molecule has 2 aromatic heterocycles. The van der Waals surface area contributed by atoms with Crippen LogP contribution in [0, 0.1) is 0 Å². The van der Waals surface area contributed by atoms with Gasteiger partial charge in [-0.05, 0) is 34.1 Å². The van der Waals surface area contributed by atoms with Crippen LogP contribution in [0.2, 0.25) is 0 Å². The van der Waals surface area contributed by atoms with Gasteiger partial charge in [0.25, 0.3) is 0 Å². The zero-order chi connectivity index (χ0) is 10.1. The van der Waals surface area contributed by atoms with E-state index in [0.29, 0.717) is 5.65 Å². The van der Waals surface area contributed by atoms with Crippen LogP contribution in [0.15, 0.2) is 28.9 Å². The number of pyridine rings is 2. The Hall–Kier alpha value is -1.49. The molecule has 14 heavy (non-hydrogen) atoms. The first-order valence-corrected chi connectivity index (χ1v) is 4.62. The van der Waals surface area contributed by atoms with Crippen LogP contribution in [0.1, 0.15) is 10.5 Å². The number of aromatic carboxylic acids is 1. The van der Waals surface area contributed by atoms with Crippen molar-refractivity contribution in [3.8, 4) is 0 Å². The summed E-state index contributed by atoms with van der Waals surface area (Å²) < 4.78 is 0.842. The molecule has 0 saturated heterocycles. The van der Waals surface area contributed by atoms with E-state index < -0.39 is 5.97 Å². The lowest BCUT2D eigenvalue weighted by Crippen LogP contribution is -2.00. The van der Waals surface area contributed by atoms with Gasteiger partial charge in [-0.1, -0.05) is 0 Å². The van der Waals surface area contributed by atoms with Crippen LogP contribution in [0.25, 0.3) is 11.0 Å². The highest BCUT2D eigenvalue weighted by molar-refractivity contribution is 9.10. The number of nitrogens with zero attached hydrogens (tertiary/aromatic N) is 2.